The Bertz CT molecular complexity index is 590. The number of anilines is 1. The molecule has 0 spiro atoms. The lowest BCUT2D eigenvalue weighted by Gasteiger charge is -2.06. The van der Waals surface area contributed by atoms with Crippen LogP contribution in [-0.2, 0) is 4.79 Å². The number of carbonyl (C=O) groups excluding carboxylic acids is 1. The summed E-state index contributed by atoms with van der Waals surface area (Å²) in [5, 5.41) is 2.78. The molecule has 1 heterocycles. The zero-order chi connectivity index (χ0) is 13.4. The van der Waals surface area contributed by atoms with Crippen LogP contribution in [-0.4, -0.2) is 30.1 Å². The number of benzene rings is 1. The third-order valence-corrected chi connectivity index (χ3v) is 3.18. The summed E-state index contributed by atoms with van der Waals surface area (Å²) in [6.45, 7) is 0. The first-order valence-corrected chi connectivity index (χ1v) is 6.14. The number of aromatic nitrogens is 2. The number of H-pyrrole nitrogens is 1. The minimum Gasteiger partial charge on any atom is -0.493 e. The first kappa shape index (κ1) is 11.8. The van der Waals surface area contributed by atoms with Gasteiger partial charge in [-0.1, -0.05) is 0 Å². The molecule has 1 amide bonds. The fourth-order valence-corrected chi connectivity index (χ4v) is 1.96. The Balaban J connectivity index is 1.93. The van der Waals surface area contributed by atoms with E-state index in [0.717, 1.165) is 23.9 Å². The molecule has 100 valence electrons. The number of methoxy groups -OCH3 is 2. The number of aromatic amines is 1. The van der Waals surface area contributed by atoms with Crippen LogP contribution in [0.4, 0.5) is 5.95 Å². The minimum absolute atomic E-state index is 0.0259. The van der Waals surface area contributed by atoms with Crippen LogP contribution in [0.1, 0.15) is 12.8 Å². The molecule has 1 aromatic heterocycles. The number of nitrogens with one attached hydrogen (secondary N) is 2. The van der Waals surface area contributed by atoms with Gasteiger partial charge in [0.25, 0.3) is 0 Å². The van der Waals surface area contributed by atoms with Gasteiger partial charge in [0.2, 0.25) is 11.9 Å². The molecule has 2 aromatic rings. The SMILES string of the molecule is COc1cc2nc(NC(=O)C3CC3)[nH]c2cc1OC. The molecule has 3 rings (SSSR count). The molecule has 0 unspecified atom stereocenters. The molecule has 0 radical (unpaired) electrons. The van der Waals surface area contributed by atoms with Gasteiger partial charge in [-0.05, 0) is 12.8 Å². The number of hydrogen-bond acceptors (Lipinski definition) is 4. The maximum absolute atomic E-state index is 11.7. The van der Waals surface area contributed by atoms with E-state index in [4.69, 9.17) is 9.47 Å². The number of rotatable bonds is 4. The van der Waals surface area contributed by atoms with Gasteiger partial charge >= 0.3 is 0 Å². The van der Waals surface area contributed by atoms with E-state index >= 15 is 0 Å². The van der Waals surface area contributed by atoms with Crippen LogP contribution in [0.5, 0.6) is 11.5 Å². The van der Waals surface area contributed by atoms with Crippen molar-refractivity contribution in [2.45, 2.75) is 12.8 Å². The summed E-state index contributed by atoms with van der Waals surface area (Å²) >= 11 is 0. The van der Waals surface area contributed by atoms with Crippen LogP contribution in [0.2, 0.25) is 0 Å². The number of imidazole rings is 1. The number of ether oxygens (including phenoxy) is 2. The summed E-state index contributed by atoms with van der Waals surface area (Å²) in [6.07, 6.45) is 1.93. The van der Waals surface area contributed by atoms with E-state index in [0.29, 0.717) is 17.4 Å². The second-order valence-corrected chi connectivity index (χ2v) is 4.57. The van der Waals surface area contributed by atoms with Crippen molar-refractivity contribution in [1.82, 2.24) is 9.97 Å². The number of hydrogen-bond donors (Lipinski definition) is 2. The maximum atomic E-state index is 11.7. The van der Waals surface area contributed by atoms with E-state index in [-0.39, 0.29) is 11.8 Å². The van der Waals surface area contributed by atoms with Crippen molar-refractivity contribution in [1.29, 1.82) is 0 Å². The number of nitrogens with zero attached hydrogens (tertiary/aromatic N) is 1. The highest BCUT2D eigenvalue weighted by molar-refractivity contribution is 5.94. The number of carbonyl (C=O) groups is 1. The van der Waals surface area contributed by atoms with Gasteiger partial charge in [-0.15, -0.1) is 0 Å². The van der Waals surface area contributed by atoms with Crippen molar-refractivity contribution >= 4 is 22.9 Å². The molecule has 0 atom stereocenters. The molecule has 1 aliphatic rings. The van der Waals surface area contributed by atoms with Gasteiger partial charge in [-0.25, -0.2) is 4.98 Å². The van der Waals surface area contributed by atoms with Crippen molar-refractivity contribution in [3.63, 3.8) is 0 Å². The first-order valence-electron chi connectivity index (χ1n) is 6.14. The van der Waals surface area contributed by atoms with Gasteiger partial charge in [0.05, 0.1) is 25.3 Å². The van der Waals surface area contributed by atoms with Crippen molar-refractivity contribution in [2.75, 3.05) is 19.5 Å². The van der Waals surface area contributed by atoms with Gasteiger partial charge in [-0.3, -0.25) is 10.1 Å². The highest BCUT2D eigenvalue weighted by atomic mass is 16.5. The molecule has 6 nitrogen and oxygen atoms in total. The lowest BCUT2D eigenvalue weighted by molar-refractivity contribution is -0.117. The average molecular weight is 261 g/mol. The van der Waals surface area contributed by atoms with E-state index in [2.05, 4.69) is 15.3 Å². The fourth-order valence-electron chi connectivity index (χ4n) is 1.96. The van der Waals surface area contributed by atoms with Gasteiger partial charge in [0, 0.05) is 18.1 Å². The van der Waals surface area contributed by atoms with Crippen molar-refractivity contribution in [3.8, 4) is 11.5 Å². The number of amides is 1. The van der Waals surface area contributed by atoms with Crippen molar-refractivity contribution in [2.24, 2.45) is 5.92 Å². The summed E-state index contributed by atoms with van der Waals surface area (Å²) in [4.78, 5) is 19.1. The molecule has 0 saturated heterocycles. The van der Waals surface area contributed by atoms with Gasteiger partial charge in [0.15, 0.2) is 11.5 Å². The van der Waals surface area contributed by atoms with Crippen LogP contribution in [0.25, 0.3) is 11.0 Å². The highest BCUT2D eigenvalue weighted by Gasteiger charge is 2.30. The zero-order valence-electron chi connectivity index (χ0n) is 10.8. The number of fused-ring (bicyclic) bond motifs is 1. The molecule has 19 heavy (non-hydrogen) atoms. The monoisotopic (exact) mass is 261 g/mol. The quantitative estimate of drug-likeness (QED) is 0.881. The van der Waals surface area contributed by atoms with E-state index < -0.39 is 0 Å². The second kappa shape index (κ2) is 4.46. The summed E-state index contributed by atoms with van der Waals surface area (Å²) in [6, 6.07) is 3.57. The normalized spacial score (nSPS) is 14.4. The minimum atomic E-state index is 0.0259. The molecule has 1 aromatic carbocycles. The van der Waals surface area contributed by atoms with Gasteiger partial charge in [0.1, 0.15) is 0 Å². The van der Waals surface area contributed by atoms with Crippen LogP contribution >= 0.6 is 0 Å². The zero-order valence-corrected chi connectivity index (χ0v) is 10.8. The van der Waals surface area contributed by atoms with E-state index in [1.165, 1.54) is 0 Å². The summed E-state index contributed by atoms with van der Waals surface area (Å²) in [5.74, 6) is 1.87. The van der Waals surface area contributed by atoms with Crippen LogP contribution < -0.4 is 14.8 Å². The molecule has 2 N–H and O–H groups in total. The predicted octanol–water partition coefficient (Wildman–Crippen LogP) is 1.93. The Morgan fingerprint density at radius 3 is 2.63 bits per heavy atom. The third-order valence-electron chi connectivity index (χ3n) is 3.18. The maximum Gasteiger partial charge on any atom is 0.229 e. The van der Waals surface area contributed by atoms with E-state index in [1.807, 2.05) is 0 Å². The molecule has 6 heteroatoms. The topological polar surface area (TPSA) is 76.2 Å². The van der Waals surface area contributed by atoms with Crippen LogP contribution in [0.3, 0.4) is 0 Å². The highest BCUT2D eigenvalue weighted by Crippen LogP contribution is 2.33. The fraction of sp³-hybridized carbons (Fsp3) is 0.385. The Morgan fingerprint density at radius 2 is 2.00 bits per heavy atom. The molecule has 1 aliphatic carbocycles. The van der Waals surface area contributed by atoms with Crippen molar-refractivity contribution < 1.29 is 14.3 Å². The van der Waals surface area contributed by atoms with Gasteiger partial charge < -0.3 is 14.5 Å². The molecule has 0 aliphatic heterocycles. The Labute approximate surface area is 110 Å². The average Bonchev–Trinajstić information content (AvgIpc) is 3.18. The summed E-state index contributed by atoms with van der Waals surface area (Å²) in [5.41, 5.74) is 1.52. The molecule has 1 fully saturated rings. The largest absolute Gasteiger partial charge is 0.493 e. The smallest absolute Gasteiger partial charge is 0.229 e. The first-order chi connectivity index (χ1) is 9.21. The second-order valence-electron chi connectivity index (χ2n) is 4.57. The van der Waals surface area contributed by atoms with Gasteiger partial charge in [-0.2, -0.15) is 0 Å². The van der Waals surface area contributed by atoms with E-state index in [1.54, 1.807) is 26.4 Å². The molecular weight excluding hydrogens is 246 g/mol. The summed E-state index contributed by atoms with van der Waals surface area (Å²) in [7, 11) is 3.15. The third kappa shape index (κ3) is 2.21. The Kier molecular flexibility index (Phi) is 2.77. The van der Waals surface area contributed by atoms with Crippen LogP contribution in [0.15, 0.2) is 12.1 Å². The summed E-state index contributed by atoms with van der Waals surface area (Å²) < 4.78 is 10.4. The van der Waals surface area contributed by atoms with E-state index in [9.17, 15) is 4.79 Å². The molecule has 0 bridgehead atoms. The van der Waals surface area contributed by atoms with Crippen molar-refractivity contribution in [3.05, 3.63) is 12.1 Å². The Morgan fingerprint density at radius 1 is 1.32 bits per heavy atom. The standard InChI is InChI=1S/C13H15N3O3/c1-18-10-5-8-9(6-11(10)19-2)15-13(14-8)16-12(17)7-3-4-7/h5-7H,3-4H2,1-2H3,(H2,14,15,16,17). The van der Waals surface area contributed by atoms with Crippen LogP contribution in [0, 0.1) is 5.92 Å². The molecule has 1 saturated carbocycles. The predicted molar refractivity (Wildman–Crippen MR) is 70.6 cm³/mol. The Hall–Kier alpha value is -2.24. The lowest BCUT2D eigenvalue weighted by Crippen LogP contribution is -2.14. The lowest BCUT2D eigenvalue weighted by atomic mass is 10.3. The molecular formula is C13H15N3O3.